The van der Waals surface area contributed by atoms with Crippen molar-refractivity contribution >= 4 is 0 Å². The molecular formula is C12H17N3O. The second-order valence-corrected chi connectivity index (χ2v) is 3.71. The highest BCUT2D eigenvalue weighted by molar-refractivity contribution is 5.30. The lowest BCUT2D eigenvalue weighted by molar-refractivity contribution is 0.178. The number of ether oxygens (including phenoxy) is 1. The summed E-state index contributed by atoms with van der Waals surface area (Å²) in [5, 5.41) is 8.89. The van der Waals surface area contributed by atoms with Crippen molar-refractivity contribution in [3.63, 3.8) is 0 Å². The molecule has 0 aromatic carbocycles. The van der Waals surface area contributed by atoms with Crippen LogP contribution in [0.3, 0.4) is 0 Å². The molecule has 0 aliphatic carbocycles. The van der Waals surface area contributed by atoms with Gasteiger partial charge in [0.2, 0.25) is 0 Å². The minimum atomic E-state index is 0.515. The average Bonchev–Trinajstić information content (AvgIpc) is 2.30. The number of nitriles is 1. The fourth-order valence-electron chi connectivity index (χ4n) is 1.52. The van der Waals surface area contributed by atoms with Gasteiger partial charge in [0.25, 0.3) is 0 Å². The third-order valence-electron chi connectivity index (χ3n) is 2.33. The Morgan fingerprint density at radius 2 is 2.38 bits per heavy atom. The maximum atomic E-state index is 8.89. The molecule has 1 heterocycles. The molecule has 1 aromatic rings. The van der Waals surface area contributed by atoms with Crippen LogP contribution in [-0.2, 0) is 11.3 Å². The summed E-state index contributed by atoms with van der Waals surface area (Å²) in [6.07, 6.45) is 2.64. The maximum absolute atomic E-state index is 8.89. The van der Waals surface area contributed by atoms with Gasteiger partial charge in [-0.3, -0.25) is 0 Å². The number of nitrogens with zero attached hydrogens (tertiary/aromatic N) is 3. The van der Waals surface area contributed by atoms with Crippen molar-refractivity contribution in [1.29, 1.82) is 5.26 Å². The van der Waals surface area contributed by atoms with E-state index in [9.17, 15) is 0 Å². The van der Waals surface area contributed by atoms with E-state index in [-0.39, 0.29) is 0 Å². The highest BCUT2D eigenvalue weighted by Crippen LogP contribution is 2.07. The van der Waals surface area contributed by atoms with Gasteiger partial charge < -0.3 is 9.64 Å². The van der Waals surface area contributed by atoms with Crippen molar-refractivity contribution in [2.24, 2.45) is 0 Å². The first-order valence-corrected chi connectivity index (χ1v) is 5.29. The molecule has 1 aromatic heterocycles. The first kappa shape index (κ1) is 12.6. The summed E-state index contributed by atoms with van der Waals surface area (Å²) in [6, 6.07) is 5.91. The van der Waals surface area contributed by atoms with Crippen molar-refractivity contribution in [2.45, 2.75) is 13.0 Å². The number of aromatic nitrogens is 1. The predicted molar refractivity (Wildman–Crippen MR) is 61.8 cm³/mol. The van der Waals surface area contributed by atoms with Crippen LogP contribution < -0.4 is 0 Å². The SMILES string of the molecule is COCCCN(C)Cc1cccnc1C#N. The molecule has 86 valence electrons. The van der Waals surface area contributed by atoms with E-state index >= 15 is 0 Å². The zero-order valence-electron chi connectivity index (χ0n) is 9.81. The molecule has 0 saturated carbocycles. The van der Waals surface area contributed by atoms with Crippen LogP contribution in [0.4, 0.5) is 0 Å². The molecule has 0 bridgehead atoms. The normalized spacial score (nSPS) is 10.4. The molecule has 0 amide bonds. The Morgan fingerprint density at radius 1 is 1.56 bits per heavy atom. The molecule has 4 nitrogen and oxygen atoms in total. The third kappa shape index (κ3) is 3.97. The van der Waals surface area contributed by atoms with Crippen LogP contribution in [0, 0.1) is 11.3 Å². The van der Waals surface area contributed by atoms with Crippen molar-refractivity contribution in [3.8, 4) is 6.07 Å². The van der Waals surface area contributed by atoms with E-state index in [1.54, 1.807) is 13.3 Å². The Morgan fingerprint density at radius 3 is 3.06 bits per heavy atom. The molecular weight excluding hydrogens is 202 g/mol. The van der Waals surface area contributed by atoms with E-state index in [1.807, 2.05) is 19.2 Å². The van der Waals surface area contributed by atoms with Crippen LogP contribution in [0.15, 0.2) is 18.3 Å². The Kier molecular flexibility index (Phi) is 5.48. The highest BCUT2D eigenvalue weighted by atomic mass is 16.5. The van der Waals surface area contributed by atoms with Gasteiger partial charge in [0.05, 0.1) is 0 Å². The number of rotatable bonds is 6. The fraction of sp³-hybridized carbons (Fsp3) is 0.500. The molecule has 0 spiro atoms. The van der Waals surface area contributed by atoms with Gasteiger partial charge in [0.1, 0.15) is 11.8 Å². The molecule has 0 N–H and O–H groups in total. The molecule has 4 heteroatoms. The largest absolute Gasteiger partial charge is 0.385 e. The number of pyridine rings is 1. The van der Waals surface area contributed by atoms with Crippen molar-refractivity contribution < 1.29 is 4.74 Å². The monoisotopic (exact) mass is 219 g/mol. The average molecular weight is 219 g/mol. The molecule has 0 saturated heterocycles. The van der Waals surface area contributed by atoms with E-state index < -0.39 is 0 Å². The first-order chi connectivity index (χ1) is 7.77. The number of hydrogen-bond acceptors (Lipinski definition) is 4. The van der Waals surface area contributed by atoms with E-state index in [0.29, 0.717) is 5.69 Å². The van der Waals surface area contributed by atoms with E-state index in [2.05, 4.69) is 16.0 Å². The van der Waals surface area contributed by atoms with Crippen LogP contribution in [-0.4, -0.2) is 37.2 Å². The molecule has 1 rings (SSSR count). The second-order valence-electron chi connectivity index (χ2n) is 3.71. The molecule has 0 unspecified atom stereocenters. The van der Waals surface area contributed by atoms with Gasteiger partial charge in [-0.1, -0.05) is 6.07 Å². The Bertz CT molecular complexity index is 360. The summed E-state index contributed by atoms with van der Waals surface area (Å²) in [7, 11) is 3.73. The van der Waals surface area contributed by atoms with Crippen LogP contribution in [0.2, 0.25) is 0 Å². The van der Waals surface area contributed by atoms with Gasteiger partial charge >= 0.3 is 0 Å². The lowest BCUT2D eigenvalue weighted by Gasteiger charge is -2.16. The summed E-state index contributed by atoms with van der Waals surface area (Å²) in [6.45, 7) is 2.47. The minimum Gasteiger partial charge on any atom is -0.385 e. The Balaban J connectivity index is 2.49. The van der Waals surface area contributed by atoms with Gasteiger partial charge in [0, 0.05) is 38.6 Å². The van der Waals surface area contributed by atoms with Gasteiger partial charge in [-0.2, -0.15) is 5.26 Å². The summed E-state index contributed by atoms with van der Waals surface area (Å²) in [4.78, 5) is 6.20. The summed E-state index contributed by atoms with van der Waals surface area (Å²) < 4.78 is 5.00. The zero-order valence-corrected chi connectivity index (χ0v) is 9.81. The van der Waals surface area contributed by atoms with E-state index in [4.69, 9.17) is 10.00 Å². The smallest absolute Gasteiger partial charge is 0.144 e. The van der Waals surface area contributed by atoms with Crippen molar-refractivity contribution in [1.82, 2.24) is 9.88 Å². The Labute approximate surface area is 96.5 Å². The van der Waals surface area contributed by atoms with Gasteiger partial charge in [-0.05, 0) is 19.5 Å². The van der Waals surface area contributed by atoms with Crippen LogP contribution in [0.5, 0.6) is 0 Å². The highest BCUT2D eigenvalue weighted by Gasteiger charge is 2.05. The molecule has 0 aliphatic rings. The van der Waals surface area contributed by atoms with Crippen LogP contribution in [0.25, 0.3) is 0 Å². The molecule has 16 heavy (non-hydrogen) atoms. The van der Waals surface area contributed by atoms with Crippen molar-refractivity contribution in [3.05, 3.63) is 29.6 Å². The lowest BCUT2D eigenvalue weighted by atomic mass is 10.2. The molecule has 0 aliphatic heterocycles. The van der Waals surface area contributed by atoms with Crippen LogP contribution in [0.1, 0.15) is 17.7 Å². The quantitative estimate of drug-likeness (QED) is 0.679. The summed E-state index contributed by atoms with van der Waals surface area (Å²) in [5.41, 5.74) is 1.49. The summed E-state index contributed by atoms with van der Waals surface area (Å²) in [5.74, 6) is 0. The minimum absolute atomic E-state index is 0.515. The molecule has 0 fully saturated rings. The van der Waals surface area contributed by atoms with E-state index in [0.717, 1.165) is 31.7 Å². The maximum Gasteiger partial charge on any atom is 0.144 e. The molecule has 0 radical (unpaired) electrons. The Hall–Kier alpha value is -1.44. The van der Waals surface area contributed by atoms with Gasteiger partial charge in [0.15, 0.2) is 0 Å². The summed E-state index contributed by atoms with van der Waals surface area (Å²) >= 11 is 0. The lowest BCUT2D eigenvalue weighted by Crippen LogP contribution is -2.20. The standard InChI is InChI=1S/C12H17N3O/c1-15(7-4-8-16-2)10-11-5-3-6-14-12(11)9-13/h3,5-6H,4,7-8,10H2,1-2H3. The van der Waals surface area contributed by atoms with Gasteiger partial charge in [-0.25, -0.2) is 4.98 Å². The van der Waals surface area contributed by atoms with Gasteiger partial charge in [-0.15, -0.1) is 0 Å². The number of hydrogen-bond donors (Lipinski definition) is 0. The zero-order chi connectivity index (χ0) is 11.8. The van der Waals surface area contributed by atoms with Crippen molar-refractivity contribution in [2.75, 3.05) is 27.3 Å². The third-order valence-corrected chi connectivity index (χ3v) is 2.33. The van der Waals surface area contributed by atoms with E-state index in [1.165, 1.54) is 0 Å². The predicted octanol–water partition coefficient (Wildman–Crippen LogP) is 1.42. The molecule has 0 atom stereocenters. The first-order valence-electron chi connectivity index (χ1n) is 5.29. The number of methoxy groups -OCH3 is 1. The topological polar surface area (TPSA) is 49.1 Å². The second kappa shape index (κ2) is 6.94. The van der Waals surface area contributed by atoms with Crippen LogP contribution >= 0.6 is 0 Å². The fourth-order valence-corrected chi connectivity index (χ4v) is 1.52.